The Morgan fingerprint density at radius 2 is 2.20 bits per heavy atom. The van der Waals surface area contributed by atoms with Crippen molar-refractivity contribution in [2.75, 3.05) is 26.8 Å². The van der Waals surface area contributed by atoms with Crippen LogP contribution >= 0.6 is 12.2 Å². The zero-order chi connectivity index (χ0) is 17.6. The van der Waals surface area contributed by atoms with E-state index in [4.69, 9.17) is 26.8 Å². The molecule has 1 saturated heterocycles. The van der Waals surface area contributed by atoms with E-state index in [2.05, 4.69) is 30.9 Å². The number of morpholine rings is 1. The van der Waals surface area contributed by atoms with Gasteiger partial charge in [0, 0.05) is 24.5 Å². The number of nitrogens with zero attached hydrogens (tertiary/aromatic N) is 4. The SMILES string of the molecule is COc1ccc2c(C)cc3nn(CN4CCOC(C)C4)c(=S)n3c2c1. The third kappa shape index (κ3) is 2.92. The van der Waals surface area contributed by atoms with Crippen molar-refractivity contribution in [3.63, 3.8) is 0 Å². The van der Waals surface area contributed by atoms with Gasteiger partial charge in [-0.3, -0.25) is 9.30 Å². The highest BCUT2D eigenvalue weighted by atomic mass is 32.1. The van der Waals surface area contributed by atoms with Crippen molar-refractivity contribution in [3.05, 3.63) is 34.6 Å². The first kappa shape index (κ1) is 16.5. The fraction of sp³-hybridized carbons (Fsp3) is 0.444. The molecule has 1 unspecified atom stereocenters. The molecule has 2 aromatic heterocycles. The van der Waals surface area contributed by atoms with Gasteiger partial charge in [-0.25, -0.2) is 4.68 Å². The van der Waals surface area contributed by atoms with Gasteiger partial charge in [-0.2, -0.15) is 5.10 Å². The molecule has 0 N–H and O–H groups in total. The molecule has 132 valence electrons. The highest BCUT2D eigenvalue weighted by molar-refractivity contribution is 7.71. The average Bonchev–Trinajstić information content (AvgIpc) is 2.90. The van der Waals surface area contributed by atoms with Crippen molar-refractivity contribution in [1.82, 2.24) is 19.1 Å². The predicted molar refractivity (Wildman–Crippen MR) is 99.8 cm³/mol. The average molecular weight is 358 g/mol. The molecule has 0 bridgehead atoms. The Bertz CT molecular complexity index is 994. The number of fused-ring (bicyclic) bond motifs is 3. The predicted octanol–water partition coefficient (Wildman–Crippen LogP) is 3.01. The summed E-state index contributed by atoms with van der Waals surface area (Å²) in [4.78, 5) is 2.33. The molecule has 25 heavy (non-hydrogen) atoms. The number of rotatable bonds is 3. The third-order valence-corrected chi connectivity index (χ3v) is 5.13. The molecule has 3 aromatic rings. The van der Waals surface area contributed by atoms with Crippen molar-refractivity contribution in [2.45, 2.75) is 26.6 Å². The molecule has 3 heterocycles. The lowest BCUT2D eigenvalue weighted by Gasteiger charge is -2.30. The van der Waals surface area contributed by atoms with Crippen molar-refractivity contribution < 1.29 is 9.47 Å². The summed E-state index contributed by atoms with van der Waals surface area (Å²) in [5.41, 5.74) is 3.07. The zero-order valence-electron chi connectivity index (χ0n) is 14.7. The second-order valence-corrected chi connectivity index (χ2v) is 6.95. The molecule has 0 amide bonds. The zero-order valence-corrected chi connectivity index (χ0v) is 15.5. The number of hydrogen-bond donors (Lipinski definition) is 0. The smallest absolute Gasteiger partial charge is 0.204 e. The second-order valence-electron chi connectivity index (χ2n) is 6.59. The maximum Gasteiger partial charge on any atom is 0.204 e. The lowest BCUT2D eigenvalue weighted by molar-refractivity contribution is -0.0306. The summed E-state index contributed by atoms with van der Waals surface area (Å²) in [6.45, 7) is 7.41. The van der Waals surface area contributed by atoms with E-state index >= 15 is 0 Å². The molecule has 0 aliphatic carbocycles. The first-order valence-corrected chi connectivity index (χ1v) is 8.88. The van der Waals surface area contributed by atoms with E-state index in [1.54, 1.807) is 7.11 Å². The van der Waals surface area contributed by atoms with Crippen LogP contribution in [0.15, 0.2) is 24.3 Å². The van der Waals surface area contributed by atoms with Crippen LogP contribution in [0.5, 0.6) is 5.75 Å². The highest BCUT2D eigenvalue weighted by Gasteiger charge is 2.18. The van der Waals surface area contributed by atoms with Crippen molar-refractivity contribution in [2.24, 2.45) is 0 Å². The lowest BCUT2D eigenvalue weighted by Crippen LogP contribution is -2.42. The topological polar surface area (TPSA) is 43.9 Å². The van der Waals surface area contributed by atoms with E-state index in [0.29, 0.717) is 11.4 Å². The lowest BCUT2D eigenvalue weighted by atomic mass is 10.1. The summed E-state index contributed by atoms with van der Waals surface area (Å²) in [6.07, 6.45) is 0.243. The third-order valence-electron chi connectivity index (χ3n) is 4.74. The monoisotopic (exact) mass is 358 g/mol. The van der Waals surface area contributed by atoms with Gasteiger partial charge in [0.15, 0.2) is 5.65 Å². The molecule has 6 nitrogen and oxygen atoms in total. The molecule has 4 rings (SSSR count). The van der Waals surface area contributed by atoms with Crippen LogP contribution < -0.4 is 4.74 Å². The number of benzene rings is 1. The van der Waals surface area contributed by atoms with Gasteiger partial charge in [0.2, 0.25) is 4.77 Å². The van der Waals surface area contributed by atoms with E-state index < -0.39 is 0 Å². The highest BCUT2D eigenvalue weighted by Crippen LogP contribution is 2.25. The van der Waals surface area contributed by atoms with Crippen LogP contribution in [0, 0.1) is 11.7 Å². The van der Waals surface area contributed by atoms with E-state index in [0.717, 1.165) is 42.0 Å². The van der Waals surface area contributed by atoms with Gasteiger partial charge >= 0.3 is 0 Å². The standard InChI is InChI=1S/C18H22N4O2S/c1-12-8-17-19-21(11-20-6-7-24-13(2)10-20)18(25)22(17)16-9-14(23-3)4-5-15(12)16/h4-5,8-9,13H,6-7,10-11H2,1-3H3. The summed E-state index contributed by atoms with van der Waals surface area (Å²) >= 11 is 5.74. The minimum absolute atomic E-state index is 0.243. The number of aryl methyl sites for hydroxylation is 1. The van der Waals surface area contributed by atoms with Crippen molar-refractivity contribution >= 4 is 28.8 Å². The number of ether oxygens (including phenoxy) is 2. The molecule has 0 radical (unpaired) electrons. The number of methoxy groups -OCH3 is 1. The first-order valence-electron chi connectivity index (χ1n) is 8.47. The van der Waals surface area contributed by atoms with E-state index in [1.807, 2.05) is 21.2 Å². The molecule has 1 atom stereocenters. The van der Waals surface area contributed by atoms with Gasteiger partial charge in [-0.1, -0.05) is 0 Å². The largest absolute Gasteiger partial charge is 0.497 e. The van der Waals surface area contributed by atoms with E-state index in [9.17, 15) is 0 Å². The molecule has 1 aromatic carbocycles. The summed E-state index contributed by atoms with van der Waals surface area (Å²) in [6, 6.07) is 8.16. The number of hydrogen-bond acceptors (Lipinski definition) is 5. The van der Waals surface area contributed by atoms with Crippen molar-refractivity contribution in [3.8, 4) is 5.75 Å². The molecular formula is C18H22N4O2S. The van der Waals surface area contributed by atoms with Crippen LogP contribution in [0.1, 0.15) is 12.5 Å². The Morgan fingerprint density at radius 1 is 1.36 bits per heavy atom. The van der Waals surface area contributed by atoms with Gasteiger partial charge in [0.05, 0.1) is 32.0 Å². The van der Waals surface area contributed by atoms with E-state index in [-0.39, 0.29) is 6.10 Å². The van der Waals surface area contributed by atoms with Crippen LogP contribution in [0.25, 0.3) is 16.6 Å². The van der Waals surface area contributed by atoms with E-state index in [1.165, 1.54) is 5.56 Å². The normalized spacial score (nSPS) is 18.9. The summed E-state index contributed by atoms with van der Waals surface area (Å²) < 4.78 is 15.6. The van der Waals surface area contributed by atoms with Gasteiger partial charge in [0.1, 0.15) is 5.75 Å². The Hall–Kier alpha value is -1.96. The fourth-order valence-corrected chi connectivity index (χ4v) is 3.76. The van der Waals surface area contributed by atoms with Crippen LogP contribution in [-0.4, -0.2) is 52.0 Å². The molecule has 1 aliphatic heterocycles. The summed E-state index contributed by atoms with van der Waals surface area (Å²) in [5, 5.41) is 5.91. The van der Waals surface area contributed by atoms with Gasteiger partial charge < -0.3 is 9.47 Å². The molecular weight excluding hydrogens is 336 g/mol. The Morgan fingerprint density at radius 3 is 2.96 bits per heavy atom. The van der Waals surface area contributed by atoms with Crippen LogP contribution in [0.4, 0.5) is 0 Å². The molecule has 1 fully saturated rings. The maximum atomic E-state index is 5.74. The van der Waals surface area contributed by atoms with Crippen LogP contribution in [0.3, 0.4) is 0 Å². The van der Waals surface area contributed by atoms with Crippen LogP contribution in [-0.2, 0) is 11.4 Å². The molecule has 1 aliphatic rings. The van der Waals surface area contributed by atoms with Crippen LogP contribution in [0.2, 0.25) is 0 Å². The molecule has 0 saturated carbocycles. The molecule has 0 spiro atoms. The summed E-state index contributed by atoms with van der Waals surface area (Å²) in [5.74, 6) is 0.816. The fourth-order valence-electron chi connectivity index (χ4n) is 3.47. The van der Waals surface area contributed by atoms with Gasteiger partial charge in [-0.15, -0.1) is 0 Å². The Labute approximate surface area is 151 Å². The maximum absolute atomic E-state index is 5.74. The minimum Gasteiger partial charge on any atom is -0.497 e. The quantitative estimate of drug-likeness (QED) is 0.674. The van der Waals surface area contributed by atoms with Crippen molar-refractivity contribution in [1.29, 1.82) is 0 Å². The summed E-state index contributed by atoms with van der Waals surface area (Å²) in [7, 11) is 1.68. The van der Waals surface area contributed by atoms with Gasteiger partial charge in [0.25, 0.3) is 0 Å². The minimum atomic E-state index is 0.243. The second kappa shape index (κ2) is 6.40. The molecule has 7 heteroatoms. The van der Waals surface area contributed by atoms with Gasteiger partial charge in [-0.05, 0) is 49.8 Å². The Kier molecular flexibility index (Phi) is 4.23. The first-order chi connectivity index (χ1) is 12.1. The number of aromatic nitrogens is 3. The number of pyridine rings is 1. The Balaban J connectivity index is 1.83.